The molecule has 0 fully saturated rings. The largest absolute Gasteiger partial charge is 1.00 e. The molecule has 0 aliphatic carbocycles. The Labute approximate surface area is 138 Å². The van der Waals surface area contributed by atoms with Crippen LogP contribution in [-0.2, 0) is 0 Å². The molecule has 0 heterocycles. The van der Waals surface area contributed by atoms with Crippen LogP contribution in [0, 0.1) is 0 Å². The maximum absolute atomic E-state index is 9.06. The molecule has 3 heteroatoms. The van der Waals surface area contributed by atoms with Crippen molar-refractivity contribution in [3.05, 3.63) is 0 Å². The average molecular weight is 352 g/mol. The molecule has 0 saturated carbocycles. The molecule has 1 unspecified atom stereocenters. The highest BCUT2D eigenvalue weighted by Gasteiger charge is 2.19. The van der Waals surface area contributed by atoms with Gasteiger partial charge < -0.3 is 26.6 Å². The SMILES string of the molecule is CCCCCCCC[N+](C)(CCCO)CCCCC.[Br-]. The quantitative estimate of drug-likeness (QED) is 0.370. The summed E-state index contributed by atoms with van der Waals surface area (Å²) in [6.45, 7) is 8.63. The third kappa shape index (κ3) is 13.4. The van der Waals surface area contributed by atoms with Crippen molar-refractivity contribution in [3.8, 4) is 0 Å². The summed E-state index contributed by atoms with van der Waals surface area (Å²) in [5.41, 5.74) is 0. The highest BCUT2D eigenvalue weighted by atomic mass is 79.9. The average Bonchev–Trinajstić information content (AvgIpc) is 2.41. The Morgan fingerprint density at radius 3 is 1.60 bits per heavy atom. The lowest BCUT2D eigenvalue weighted by atomic mass is 10.1. The molecule has 0 bridgehead atoms. The van der Waals surface area contributed by atoms with Gasteiger partial charge >= 0.3 is 0 Å². The van der Waals surface area contributed by atoms with Crippen LogP contribution in [0.4, 0.5) is 0 Å². The summed E-state index contributed by atoms with van der Waals surface area (Å²) in [6.07, 6.45) is 13.2. The smallest absolute Gasteiger partial charge is 0.0806 e. The van der Waals surface area contributed by atoms with E-state index in [0.29, 0.717) is 6.61 Å². The highest BCUT2D eigenvalue weighted by molar-refractivity contribution is 4.48. The van der Waals surface area contributed by atoms with E-state index < -0.39 is 0 Å². The van der Waals surface area contributed by atoms with Gasteiger partial charge in [-0.25, -0.2) is 0 Å². The van der Waals surface area contributed by atoms with Crippen LogP contribution in [0.2, 0.25) is 0 Å². The van der Waals surface area contributed by atoms with Gasteiger partial charge in [0, 0.05) is 13.0 Å². The zero-order valence-corrected chi connectivity index (χ0v) is 15.8. The second kappa shape index (κ2) is 15.8. The van der Waals surface area contributed by atoms with Gasteiger partial charge in [-0.3, -0.25) is 0 Å². The van der Waals surface area contributed by atoms with Crippen molar-refractivity contribution in [1.82, 2.24) is 0 Å². The number of rotatable bonds is 14. The Balaban J connectivity index is 0. The normalized spacial score (nSPS) is 13.8. The third-order valence-corrected chi connectivity index (χ3v) is 4.21. The Bertz CT molecular complexity index is 190. The van der Waals surface area contributed by atoms with E-state index in [-0.39, 0.29) is 17.0 Å². The minimum atomic E-state index is 0. The maximum atomic E-state index is 9.06. The minimum Gasteiger partial charge on any atom is -1.00 e. The molecule has 0 aromatic rings. The second-order valence-corrected chi connectivity index (χ2v) is 6.34. The molecule has 1 N–H and O–H groups in total. The fourth-order valence-corrected chi connectivity index (χ4v) is 2.81. The first-order chi connectivity index (χ1) is 9.18. The summed E-state index contributed by atoms with van der Waals surface area (Å²) < 4.78 is 1.17. The summed E-state index contributed by atoms with van der Waals surface area (Å²) in [6, 6.07) is 0. The molecule has 0 saturated heterocycles. The highest BCUT2D eigenvalue weighted by Crippen LogP contribution is 2.13. The van der Waals surface area contributed by atoms with Gasteiger partial charge in [-0.2, -0.15) is 0 Å². The fourth-order valence-electron chi connectivity index (χ4n) is 2.81. The van der Waals surface area contributed by atoms with Crippen LogP contribution in [0.5, 0.6) is 0 Å². The predicted octanol–water partition coefficient (Wildman–Crippen LogP) is 1.37. The molecule has 0 aromatic heterocycles. The van der Waals surface area contributed by atoms with Gasteiger partial charge in [0.2, 0.25) is 0 Å². The van der Waals surface area contributed by atoms with E-state index in [0.717, 1.165) is 13.0 Å². The first-order valence-corrected chi connectivity index (χ1v) is 8.63. The van der Waals surface area contributed by atoms with Gasteiger partial charge in [-0.1, -0.05) is 46.0 Å². The first-order valence-electron chi connectivity index (χ1n) is 8.63. The van der Waals surface area contributed by atoms with Gasteiger partial charge in [0.1, 0.15) is 0 Å². The van der Waals surface area contributed by atoms with Crippen LogP contribution in [-0.4, -0.2) is 42.9 Å². The summed E-state index contributed by atoms with van der Waals surface area (Å²) >= 11 is 0. The van der Waals surface area contributed by atoms with Crippen molar-refractivity contribution in [2.24, 2.45) is 0 Å². The molecular weight excluding hydrogens is 314 g/mol. The summed E-state index contributed by atoms with van der Waals surface area (Å²) in [7, 11) is 2.39. The Morgan fingerprint density at radius 1 is 0.650 bits per heavy atom. The van der Waals surface area contributed by atoms with E-state index in [1.54, 1.807) is 0 Å². The van der Waals surface area contributed by atoms with E-state index in [1.807, 2.05) is 0 Å². The monoisotopic (exact) mass is 351 g/mol. The molecule has 0 rings (SSSR count). The van der Waals surface area contributed by atoms with Gasteiger partial charge in [0.25, 0.3) is 0 Å². The fraction of sp³-hybridized carbons (Fsp3) is 1.00. The molecular formula is C17H38BrNO. The summed E-state index contributed by atoms with van der Waals surface area (Å²) in [4.78, 5) is 0. The Hall–Kier alpha value is 0.400. The number of halogens is 1. The number of quaternary nitrogens is 1. The van der Waals surface area contributed by atoms with Gasteiger partial charge in [0.15, 0.2) is 0 Å². The number of hydrogen-bond acceptors (Lipinski definition) is 1. The second-order valence-electron chi connectivity index (χ2n) is 6.34. The molecule has 0 amide bonds. The molecule has 2 nitrogen and oxygen atoms in total. The van der Waals surface area contributed by atoms with Crippen LogP contribution in [0.1, 0.15) is 78.1 Å². The maximum Gasteiger partial charge on any atom is 0.0806 e. The summed E-state index contributed by atoms with van der Waals surface area (Å²) in [5, 5.41) is 9.06. The predicted molar refractivity (Wildman–Crippen MR) is 85.4 cm³/mol. The van der Waals surface area contributed by atoms with Gasteiger partial charge in [0.05, 0.1) is 26.7 Å². The summed E-state index contributed by atoms with van der Waals surface area (Å²) in [5.74, 6) is 0. The number of aliphatic hydroxyl groups is 1. The number of nitrogens with zero attached hydrogens (tertiary/aromatic N) is 1. The van der Waals surface area contributed by atoms with Crippen molar-refractivity contribution in [2.75, 3.05) is 33.3 Å². The lowest BCUT2D eigenvalue weighted by molar-refractivity contribution is -0.910. The van der Waals surface area contributed by atoms with Crippen molar-refractivity contribution < 1.29 is 26.6 Å². The minimum absolute atomic E-state index is 0. The Morgan fingerprint density at radius 2 is 1.05 bits per heavy atom. The third-order valence-electron chi connectivity index (χ3n) is 4.21. The topological polar surface area (TPSA) is 20.2 Å². The van der Waals surface area contributed by atoms with Crippen LogP contribution in [0.15, 0.2) is 0 Å². The van der Waals surface area contributed by atoms with E-state index in [4.69, 9.17) is 5.11 Å². The van der Waals surface area contributed by atoms with Crippen molar-refractivity contribution in [2.45, 2.75) is 78.1 Å². The van der Waals surface area contributed by atoms with E-state index in [9.17, 15) is 0 Å². The van der Waals surface area contributed by atoms with Crippen molar-refractivity contribution in [3.63, 3.8) is 0 Å². The lowest BCUT2D eigenvalue weighted by Crippen LogP contribution is -3.00. The first kappa shape index (κ1) is 22.7. The standard InChI is InChI=1S/C17H38NO.BrH/c1-4-6-8-9-10-12-15-18(3,16-13-17-19)14-11-7-5-2;/h19H,4-17H2,1-3H3;1H/q+1;/p-1. The molecule has 20 heavy (non-hydrogen) atoms. The molecule has 0 radical (unpaired) electrons. The van der Waals surface area contributed by atoms with E-state index >= 15 is 0 Å². The van der Waals surface area contributed by atoms with Crippen molar-refractivity contribution in [1.29, 1.82) is 0 Å². The molecule has 0 spiro atoms. The van der Waals surface area contributed by atoms with E-state index in [2.05, 4.69) is 20.9 Å². The molecule has 124 valence electrons. The lowest BCUT2D eigenvalue weighted by Gasteiger charge is -2.35. The molecule has 1 atom stereocenters. The van der Waals surface area contributed by atoms with E-state index in [1.165, 1.54) is 75.4 Å². The Kier molecular flexibility index (Phi) is 17.9. The molecule has 0 aliphatic rings. The van der Waals surface area contributed by atoms with Crippen LogP contribution in [0.3, 0.4) is 0 Å². The van der Waals surface area contributed by atoms with Gasteiger partial charge in [-0.05, 0) is 25.7 Å². The molecule has 0 aliphatic heterocycles. The number of unbranched alkanes of at least 4 members (excludes halogenated alkanes) is 7. The van der Waals surface area contributed by atoms with Crippen LogP contribution in [0.25, 0.3) is 0 Å². The van der Waals surface area contributed by atoms with Crippen LogP contribution < -0.4 is 17.0 Å². The zero-order valence-electron chi connectivity index (χ0n) is 14.2. The van der Waals surface area contributed by atoms with Gasteiger partial charge in [-0.15, -0.1) is 0 Å². The van der Waals surface area contributed by atoms with Crippen LogP contribution >= 0.6 is 0 Å². The number of aliphatic hydroxyl groups excluding tert-OH is 1. The zero-order chi connectivity index (χ0) is 14.4. The number of hydrogen-bond donors (Lipinski definition) is 1. The molecule has 0 aromatic carbocycles. The van der Waals surface area contributed by atoms with Crippen molar-refractivity contribution >= 4 is 0 Å².